The van der Waals surface area contributed by atoms with Gasteiger partial charge in [-0.25, -0.2) is 0 Å². The highest BCUT2D eigenvalue weighted by atomic mass is 79.9. The first-order valence-corrected chi connectivity index (χ1v) is 8.32. The lowest BCUT2D eigenvalue weighted by Crippen LogP contribution is -2.27. The maximum Gasteiger partial charge on any atom is 0.0468 e. The van der Waals surface area contributed by atoms with E-state index in [1.807, 2.05) is 0 Å². The van der Waals surface area contributed by atoms with Crippen LogP contribution >= 0.6 is 31.9 Å². The van der Waals surface area contributed by atoms with Crippen LogP contribution in [0, 0.1) is 5.41 Å². The number of nitrogens with one attached hydrogen (secondary N) is 1. The Bertz CT molecular complexity index is 432. The standard InChI is InChI=1S/C15H21Br2NO/c1-11(13-4-3-12(16)9-14(13)17)18-10-15(5-6-15)7-8-19-2/h3-4,9,11,18H,5-8,10H2,1-2H3. The van der Waals surface area contributed by atoms with Crippen LogP contribution in [0.1, 0.15) is 37.8 Å². The van der Waals surface area contributed by atoms with Crippen LogP contribution in [0.3, 0.4) is 0 Å². The van der Waals surface area contributed by atoms with Gasteiger partial charge in [-0.2, -0.15) is 0 Å². The van der Waals surface area contributed by atoms with Gasteiger partial charge in [0.1, 0.15) is 0 Å². The third-order valence-corrected chi connectivity index (χ3v) is 5.19. The van der Waals surface area contributed by atoms with Gasteiger partial charge in [0.25, 0.3) is 0 Å². The van der Waals surface area contributed by atoms with Crippen LogP contribution in [-0.4, -0.2) is 20.3 Å². The summed E-state index contributed by atoms with van der Waals surface area (Å²) in [5.41, 5.74) is 1.80. The van der Waals surface area contributed by atoms with Crippen molar-refractivity contribution in [3.8, 4) is 0 Å². The fraction of sp³-hybridized carbons (Fsp3) is 0.600. The zero-order valence-electron chi connectivity index (χ0n) is 11.5. The topological polar surface area (TPSA) is 21.3 Å². The molecule has 1 aromatic rings. The van der Waals surface area contributed by atoms with E-state index in [4.69, 9.17) is 4.74 Å². The molecule has 1 saturated carbocycles. The minimum atomic E-state index is 0.363. The van der Waals surface area contributed by atoms with E-state index >= 15 is 0 Å². The first-order chi connectivity index (χ1) is 9.06. The molecule has 2 nitrogen and oxygen atoms in total. The van der Waals surface area contributed by atoms with Gasteiger partial charge < -0.3 is 10.1 Å². The minimum absolute atomic E-state index is 0.363. The molecule has 106 valence electrons. The van der Waals surface area contributed by atoms with Crippen LogP contribution in [0.4, 0.5) is 0 Å². The Hall–Kier alpha value is 0.1000. The normalized spacial score (nSPS) is 18.3. The van der Waals surface area contributed by atoms with Crippen molar-refractivity contribution in [3.05, 3.63) is 32.7 Å². The van der Waals surface area contributed by atoms with Gasteiger partial charge in [0.05, 0.1) is 0 Å². The second kappa shape index (κ2) is 6.70. The van der Waals surface area contributed by atoms with Crippen molar-refractivity contribution in [2.45, 2.75) is 32.2 Å². The second-order valence-electron chi connectivity index (χ2n) is 5.51. The van der Waals surface area contributed by atoms with Crippen molar-refractivity contribution in [1.29, 1.82) is 0 Å². The Morgan fingerprint density at radius 2 is 2.11 bits per heavy atom. The highest BCUT2D eigenvalue weighted by Crippen LogP contribution is 2.48. The molecule has 0 radical (unpaired) electrons. The molecule has 1 aliphatic rings. The number of hydrogen-bond acceptors (Lipinski definition) is 2. The molecule has 1 unspecified atom stereocenters. The van der Waals surface area contributed by atoms with Gasteiger partial charge in [0.15, 0.2) is 0 Å². The fourth-order valence-corrected chi connectivity index (χ4v) is 3.73. The Morgan fingerprint density at radius 3 is 2.68 bits per heavy atom. The Labute approximate surface area is 132 Å². The van der Waals surface area contributed by atoms with Crippen molar-refractivity contribution < 1.29 is 4.74 Å². The van der Waals surface area contributed by atoms with Crippen molar-refractivity contribution >= 4 is 31.9 Å². The van der Waals surface area contributed by atoms with E-state index in [9.17, 15) is 0 Å². The monoisotopic (exact) mass is 389 g/mol. The third kappa shape index (κ3) is 4.28. The fourth-order valence-electron chi connectivity index (χ4n) is 2.34. The molecule has 0 saturated heterocycles. The molecule has 0 aromatic heterocycles. The highest BCUT2D eigenvalue weighted by Gasteiger charge is 2.41. The lowest BCUT2D eigenvalue weighted by Gasteiger charge is -2.21. The van der Waals surface area contributed by atoms with Crippen LogP contribution in [0.5, 0.6) is 0 Å². The predicted molar refractivity (Wildman–Crippen MR) is 86.4 cm³/mol. The molecule has 19 heavy (non-hydrogen) atoms. The summed E-state index contributed by atoms with van der Waals surface area (Å²) in [4.78, 5) is 0. The van der Waals surface area contributed by atoms with Crippen molar-refractivity contribution in [3.63, 3.8) is 0 Å². The van der Waals surface area contributed by atoms with Crippen LogP contribution in [0.15, 0.2) is 27.1 Å². The molecular weight excluding hydrogens is 370 g/mol. The van der Waals surface area contributed by atoms with Crippen LogP contribution in [0.25, 0.3) is 0 Å². The molecule has 0 amide bonds. The lowest BCUT2D eigenvalue weighted by atomic mass is 10.0. The van der Waals surface area contributed by atoms with Gasteiger partial charge in [-0.15, -0.1) is 0 Å². The molecule has 0 spiro atoms. The molecule has 1 aliphatic carbocycles. The maximum absolute atomic E-state index is 5.20. The second-order valence-corrected chi connectivity index (χ2v) is 7.28. The molecule has 0 aliphatic heterocycles. The molecule has 0 bridgehead atoms. The first-order valence-electron chi connectivity index (χ1n) is 6.74. The van der Waals surface area contributed by atoms with Gasteiger partial charge in [0.2, 0.25) is 0 Å². The summed E-state index contributed by atoms with van der Waals surface area (Å²) >= 11 is 7.13. The van der Waals surface area contributed by atoms with E-state index in [-0.39, 0.29) is 0 Å². The molecule has 1 N–H and O–H groups in total. The van der Waals surface area contributed by atoms with Gasteiger partial charge in [-0.05, 0) is 49.3 Å². The summed E-state index contributed by atoms with van der Waals surface area (Å²) in [6, 6.07) is 6.73. The molecule has 2 rings (SSSR count). The van der Waals surface area contributed by atoms with Crippen LogP contribution < -0.4 is 5.32 Å². The Kier molecular flexibility index (Phi) is 5.46. The van der Waals surface area contributed by atoms with E-state index in [0.717, 1.165) is 22.1 Å². The zero-order chi connectivity index (χ0) is 13.9. The molecule has 4 heteroatoms. The van der Waals surface area contributed by atoms with Crippen LogP contribution in [-0.2, 0) is 4.74 Å². The summed E-state index contributed by atoms with van der Waals surface area (Å²) in [6.45, 7) is 4.18. The van der Waals surface area contributed by atoms with Gasteiger partial charge in [0, 0.05) is 35.2 Å². The zero-order valence-corrected chi connectivity index (χ0v) is 14.7. The molecule has 1 atom stereocenters. The van der Waals surface area contributed by atoms with E-state index in [2.05, 4.69) is 62.3 Å². The van der Waals surface area contributed by atoms with Gasteiger partial charge in [-0.3, -0.25) is 0 Å². The number of ether oxygens (including phenoxy) is 1. The number of halogens is 2. The summed E-state index contributed by atoms with van der Waals surface area (Å²) in [5.74, 6) is 0. The summed E-state index contributed by atoms with van der Waals surface area (Å²) in [7, 11) is 1.78. The Morgan fingerprint density at radius 1 is 1.37 bits per heavy atom. The first kappa shape index (κ1) is 15.5. The number of rotatable bonds is 7. The molecule has 0 heterocycles. The van der Waals surface area contributed by atoms with Gasteiger partial charge >= 0.3 is 0 Å². The number of hydrogen-bond donors (Lipinski definition) is 1. The summed E-state index contributed by atoms with van der Waals surface area (Å²) < 4.78 is 7.46. The highest BCUT2D eigenvalue weighted by molar-refractivity contribution is 9.11. The van der Waals surface area contributed by atoms with Crippen molar-refractivity contribution in [2.24, 2.45) is 5.41 Å². The van der Waals surface area contributed by atoms with Crippen molar-refractivity contribution in [1.82, 2.24) is 5.32 Å². The average molecular weight is 391 g/mol. The predicted octanol–water partition coefficient (Wildman–Crippen LogP) is 4.68. The molecule has 1 aromatic carbocycles. The quantitative estimate of drug-likeness (QED) is 0.729. The van der Waals surface area contributed by atoms with E-state index in [1.165, 1.54) is 24.8 Å². The minimum Gasteiger partial charge on any atom is -0.385 e. The van der Waals surface area contributed by atoms with E-state index in [0.29, 0.717) is 11.5 Å². The third-order valence-electron chi connectivity index (χ3n) is 4.01. The van der Waals surface area contributed by atoms with Crippen LogP contribution in [0.2, 0.25) is 0 Å². The van der Waals surface area contributed by atoms with Crippen molar-refractivity contribution in [2.75, 3.05) is 20.3 Å². The molecule has 1 fully saturated rings. The maximum atomic E-state index is 5.20. The van der Waals surface area contributed by atoms with Gasteiger partial charge in [-0.1, -0.05) is 37.9 Å². The number of benzene rings is 1. The van der Waals surface area contributed by atoms with E-state index in [1.54, 1.807) is 7.11 Å². The Balaban J connectivity index is 1.89. The SMILES string of the molecule is COCCC1(CNC(C)c2ccc(Br)cc2Br)CC1. The van der Waals surface area contributed by atoms with E-state index < -0.39 is 0 Å². The summed E-state index contributed by atoms with van der Waals surface area (Å²) in [5, 5.41) is 3.67. The summed E-state index contributed by atoms with van der Waals surface area (Å²) in [6.07, 6.45) is 3.83. The average Bonchev–Trinajstić information content (AvgIpc) is 3.14. The smallest absolute Gasteiger partial charge is 0.0468 e. The largest absolute Gasteiger partial charge is 0.385 e. The molecular formula is C15H21Br2NO. The lowest BCUT2D eigenvalue weighted by molar-refractivity contribution is 0.170. The number of methoxy groups -OCH3 is 1.